The van der Waals surface area contributed by atoms with E-state index >= 15 is 0 Å². The van der Waals surface area contributed by atoms with Crippen LogP contribution in [0.3, 0.4) is 0 Å². The summed E-state index contributed by atoms with van der Waals surface area (Å²) in [4.78, 5) is 32.5. The molecule has 0 saturated heterocycles. The number of carboxylic acid groups (broad SMARTS) is 1. The minimum absolute atomic E-state index is 0.110. The van der Waals surface area contributed by atoms with Crippen molar-refractivity contribution in [2.75, 3.05) is 6.54 Å². The monoisotopic (exact) mass is 265 g/mol. The number of nitrogens with one attached hydrogen (secondary N) is 2. The third-order valence-corrected chi connectivity index (χ3v) is 2.32. The second-order valence-electron chi connectivity index (χ2n) is 3.84. The number of hydrogen-bond acceptors (Lipinski definition) is 3. The SMILES string of the molecule is NC(=O)CNC(=O)NCc1ccccc1CC(=O)O. The van der Waals surface area contributed by atoms with Crippen LogP contribution in [0.1, 0.15) is 11.1 Å². The minimum atomic E-state index is -0.939. The summed E-state index contributed by atoms with van der Waals surface area (Å²) >= 11 is 0. The van der Waals surface area contributed by atoms with Gasteiger partial charge in [-0.2, -0.15) is 0 Å². The topological polar surface area (TPSA) is 122 Å². The molecule has 7 heteroatoms. The molecule has 0 spiro atoms. The highest BCUT2D eigenvalue weighted by Gasteiger charge is 2.07. The standard InChI is InChI=1S/C12H15N3O4/c13-10(16)7-15-12(19)14-6-9-4-2-1-3-8(9)5-11(17)18/h1-4H,5-7H2,(H2,13,16)(H,17,18)(H2,14,15,19). The van der Waals surface area contributed by atoms with E-state index in [0.717, 1.165) is 0 Å². The lowest BCUT2D eigenvalue weighted by atomic mass is 10.0. The van der Waals surface area contributed by atoms with Gasteiger partial charge < -0.3 is 21.5 Å². The number of urea groups is 1. The first-order valence-corrected chi connectivity index (χ1v) is 5.57. The van der Waals surface area contributed by atoms with Crippen LogP contribution >= 0.6 is 0 Å². The van der Waals surface area contributed by atoms with Gasteiger partial charge in [0.1, 0.15) is 0 Å². The van der Waals surface area contributed by atoms with Gasteiger partial charge in [-0.05, 0) is 11.1 Å². The van der Waals surface area contributed by atoms with E-state index in [1.54, 1.807) is 24.3 Å². The second kappa shape index (κ2) is 7.00. The maximum atomic E-state index is 11.3. The summed E-state index contributed by atoms with van der Waals surface area (Å²) in [6.07, 6.45) is -0.110. The summed E-state index contributed by atoms with van der Waals surface area (Å²) in [5, 5.41) is 13.6. The number of benzene rings is 1. The van der Waals surface area contributed by atoms with E-state index in [9.17, 15) is 14.4 Å². The van der Waals surface area contributed by atoms with Crippen molar-refractivity contribution in [3.8, 4) is 0 Å². The summed E-state index contributed by atoms with van der Waals surface area (Å²) < 4.78 is 0. The first-order chi connectivity index (χ1) is 8.99. The van der Waals surface area contributed by atoms with Crippen LogP contribution in [0.4, 0.5) is 4.79 Å². The molecule has 3 amide bonds. The fourth-order valence-electron chi connectivity index (χ4n) is 1.47. The molecule has 0 unspecified atom stereocenters. The average molecular weight is 265 g/mol. The molecule has 0 saturated carbocycles. The Kier molecular flexibility index (Phi) is 5.34. The number of nitrogens with two attached hydrogens (primary N) is 1. The molecule has 0 aliphatic heterocycles. The molecule has 0 aliphatic rings. The average Bonchev–Trinajstić information content (AvgIpc) is 2.34. The van der Waals surface area contributed by atoms with Gasteiger partial charge >= 0.3 is 12.0 Å². The van der Waals surface area contributed by atoms with Gasteiger partial charge in [0.25, 0.3) is 0 Å². The van der Waals surface area contributed by atoms with Crippen molar-refractivity contribution in [2.45, 2.75) is 13.0 Å². The van der Waals surface area contributed by atoms with Crippen molar-refractivity contribution in [3.05, 3.63) is 35.4 Å². The van der Waals surface area contributed by atoms with Gasteiger partial charge in [0.2, 0.25) is 5.91 Å². The van der Waals surface area contributed by atoms with Crippen molar-refractivity contribution in [1.29, 1.82) is 0 Å². The number of primary amides is 1. The van der Waals surface area contributed by atoms with Crippen molar-refractivity contribution in [3.63, 3.8) is 0 Å². The Morgan fingerprint density at radius 3 is 2.32 bits per heavy atom. The molecule has 19 heavy (non-hydrogen) atoms. The zero-order valence-corrected chi connectivity index (χ0v) is 10.2. The van der Waals surface area contributed by atoms with Gasteiger partial charge in [-0.25, -0.2) is 4.79 Å². The maximum absolute atomic E-state index is 11.3. The summed E-state index contributed by atoms with van der Waals surface area (Å²) in [6.45, 7) is -0.0728. The van der Waals surface area contributed by atoms with E-state index in [1.807, 2.05) is 0 Å². The molecular weight excluding hydrogens is 250 g/mol. The Bertz CT molecular complexity index is 488. The number of carbonyl (C=O) groups is 3. The molecule has 1 rings (SSSR count). The lowest BCUT2D eigenvalue weighted by Crippen LogP contribution is -2.40. The van der Waals surface area contributed by atoms with E-state index in [2.05, 4.69) is 10.6 Å². The van der Waals surface area contributed by atoms with E-state index in [4.69, 9.17) is 10.8 Å². The fraction of sp³-hybridized carbons (Fsp3) is 0.250. The highest BCUT2D eigenvalue weighted by atomic mass is 16.4. The van der Waals surface area contributed by atoms with Crippen LogP contribution in [0, 0.1) is 0 Å². The number of carbonyl (C=O) groups excluding carboxylic acids is 2. The van der Waals surface area contributed by atoms with Crippen molar-refractivity contribution in [2.24, 2.45) is 5.73 Å². The van der Waals surface area contributed by atoms with Gasteiger partial charge in [-0.3, -0.25) is 9.59 Å². The predicted octanol–water partition coefficient (Wildman–Crippen LogP) is -0.402. The summed E-state index contributed by atoms with van der Waals surface area (Å²) in [5.41, 5.74) is 6.22. The van der Waals surface area contributed by atoms with Gasteiger partial charge in [-0.1, -0.05) is 24.3 Å². The van der Waals surface area contributed by atoms with Crippen LogP contribution in [-0.2, 0) is 22.6 Å². The molecule has 0 aliphatic carbocycles. The normalized spacial score (nSPS) is 9.68. The molecule has 0 fully saturated rings. The van der Waals surface area contributed by atoms with E-state index < -0.39 is 17.9 Å². The van der Waals surface area contributed by atoms with Crippen LogP contribution < -0.4 is 16.4 Å². The lowest BCUT2D eigenvalue weighted by Gasteiger charge is -2.09. The summed E-state index contributed by atoms with van der Waals surface area (Å²) in [6, 6.07) is 6.36. The molecule has 0 bridgehead atoms. The Balaban J connectivity index is 2.55. The lowest BCUT2D eigenvalue weighted by molar-refractivity contribution is -0.136. The smallest absolute Gasteiger partial charge is 0.315 e. The summed E-state index contributed by atoms with van der Waals surface area (Å²) in [5.74, 6) is -1.58. The van der Waals surface area contributed by atoms with E-state index in [0.29, 0.717) is 11.1 Å². The quantitative estimate of drug-likeness (QED) is 0.559. The Labute approximate surface area is 109 Å². The number of amides is 3. The third-order valence-electron chi connectivity index (χ3n) is 2.32. The largest absolute Gasteiger partial charge is 0.481 e. The van der Waals surface area contributed by atoms with Crippen LogP contribution in [0.5, 0.6) is 0 Å². The van der Waals surface area contributed by atoms with Gasteiger partial charge in [-0.15, -0.1) is 0 Å². The minimum Gasteiger partial charge on any atom is -0.481 e. The highest BCUT2D eigenvalue weighted by Crippen LogP contribution is 2.09. The Morgan fingerprint density at radius 1 is 1.11 bits per heavy atom. The first-order valence-electron chi connectivity index (χ1n) is 5.57. The zero-order chi connectivity index (χ0) is 14.3. The third kappa shape index (κ3) is 5.53. The Morgan fingerprint density at radius 2 is 1.74 bits per heavy atom. The first kappa shape index (κ1) is 14.5. The van der Waals surface area contributed by atoms with E-state index in [-0.39, 0.29) is 19.5 Å². The summed E-state index contributed by atoms with van der Waals surface area (Å²) in [7, 11) is 0. The van der Waals surface area contributed by atoms with Crippen molar-refractivity contribution in [1.82, 2.24) is 10.6 Å². The molecule has 0 radical (unpaired) electrons. The van der Waals surface area contributed by atoms with Crippen LogP contribution in [0.25, 0.3) is 0 Å². The molecule has 0 aromatic heterocycles. The Hall–Kier alpha value is -2.57. The number of rotatable bonds is 6. The maximum Gasteiger partial charge on any atom is 0.315 e. The molecule has 0 heterocycles. The number of carboxylic acids is 1. The molecule has 102 valence electrons. The highest BCUT2D eigenvalue weighted by molar-refractivity contribution is 5.82. The number of hydrogen-bond donors (Lipinski definition) is 4. The predicted molar refractivity (Wildman–Crippen MR) is 67.2 cm³/mol. The molecule has 7 nitrogen and oxygen atoms in total. The molecule has 1 aromatic rings. The van der Waals surface area contributed by atoms with Gasteiger partial charge in [0, 0.05) is 6.54 Å². The van der Waals surface area contributed by atoms with Crippen molar-refractivity contribution < 1.29 is 19.5 Å². The molecular formula is C12H15N3O4. The van der Waals surface area contributed by atoms with Crippen LogP contribution in [-0.4, -0.2) is 29.6 Å². The van der Waals surface area contributed by atoms with Gasteiger partial charge in [0.05, 0.1) is 13.0 Å². The van der Waals surface area contributed by atoms with Crippen LogP contribution in [0.2, 0.25) is 0 Å². The van der Waals surface area contributed by atoms with Gasteiger partial charge in [0.15, 0.2) is 0 Å². The van der Waals surface area contributed by atoms with E-state index in [1.165, 1.54) is 0 Å². The molecule has 0 atom stereocenters. The molecule has 5 N–H and O–H groups in total. The molecule has 1 aromatic carbocycles. The fourth-order valence-corrected chi connectivity index (χ4v) is 1.47. The number of aliphatic carboxylic acids is 1. The zero-order valence-electron chi connectivity index (χ0n) is 10.2. The van der Waals surface area contributed by atoms with Crippen LogP contribution in [0.15, 0.2) is 24.3 Å². The van der Waals surface area contributed by atoms with Crippen molar-refractivity contribution >= 4 is 17.9 Å². The second-order valence-corrected chi connectivity index (χ2v) is 3.84.